The van der Waals surface area contributed by atoms with Crippen molar-refractivity contribution in [1.29, 1.82) is 0 Å². The lowest BCUT2D eigenvalue weighted by Gasteiger charge is -2.34. The molecule has 3 N–H and O–H groups in total. The van der Waals surface area contributed by atoms with Gasteiger partial charge in [-0.15, -0.1) is 0 Å². The molecule has 0 aliphatic carbocycles. The Morgan fingerprint density at radius 3 is 2.88 bits per heavy atom. The Morgan fingerprint density at radius 2 is 2.12 bits per heavy atom. The minimum Gasteiger partial charge on any atom is -0.484 e. The molecule has 0 saturated carbocycles. The van der Waals surface area contributed by atoms with E-state index in [4.69, 9.17) is 4.74 Å². The van der Waals surface area contributed by atoms with E-state index in [2.05, 4.69) is 20.3 Å². The first-order valence-corrected chi connectivity index (χ1v) is 10.9. The average Bonchev–Trinajstić information content (AvgIpc) is 3.39. The molecule has 2 aliphatic heterocycles. The second-order valence-corrected chi connectivity index (χ2v) is 8.88. The highest BCUT2D eigenvalue weighted by Crippen LogP contribution is 2.42. The number of aliphatic hydroxyl groups is 2. The molecule has 168 valence electrons. The van der Waals surface area contributed by atoms with Crippen LogP contribution in [0.2, 0.25) is 0 Å². The largest absolute Gasteiger partial charge is 0.484 e. The highest BCUT2D eigenvalue weighted by molar-refractivity contribution is 6.09. The third kappa shape index (κ3) is 3.67. The molecular formula is C23H27N5O4. The SMILES string of the molecule is C[C@@]1(CO)Cc2cc(NC(=O)c3cnn4cccnc34)c(N3CCC(CO)CC3)cc2O1. The minimum absolute atomic E-state index is 0.0886. The van der Waals surface area contributed by atoms with Crippen LogP contribution in [0.15, 0.2) is 36.8 Å². The summed E-state index contributed by atoms with van der Waals surface area (Å²) in [5.41, 5.74) is 2.74. The van der Waals surface area contributed by atoms with Crippen molar-refractivity contribution >= 4 is 22.9 Å². The molecule has 1 amide bonds. The molecule has 0 bridgehead atoms. The first kappa shape index (κ1) is 20.7. The molecule has 1 fully saturated rings. The summed E-state index contributed by atoms with van der Waals surface area (Å²) in [5, 5.41) is 26.5. The van der Waals surface area contributed by atoms with Crippen molar-refractivity contribution in [1.82, 2.24) is 14.6 Å². The topological polar surface area (TPSA) is 112 Å². The second kappa shape index (κ2) is 8.07. The third-order valence-corrected chi connectivity index (χ3v) is 6.42. The van der Waals surface area contributed by atoms with Crippen LogP contribution in [0.5, 0.6) is 5.75 Å². The maximum absolute atomic E-state index is 13.2. The number of nitrogens with one attached hydrogen (secondary N) is 1. The van der Waals surface area contributed by atoms with Crippen LogP contribution in [0.1, 0.15) is 35.7 Å². The van der Waals surface area contributed by atoms with Gasteiger partial charge in [-0.05, 0) is 37.8 Å². The van der Waals surface area contributed by atoms with Crippen molar-refractivity contribution in [3.63, 3.8) is 0 Å². The molecule has 9 heteroatoms. The van der Waals surface area contributed by atoms with E-state index in [1.54, 1.807) is 23.0 Å². The molecular weight excluding hydrogens is 410 g/mol. The zero-order chi connectivity index (χ0) is 22.3. The predicted molar refractivity (Wildman–Crippen MR) is 119 cm³/mol. The summed E-state index contributed by atoms with van der Waals surface area (Å²) >= 11 is 0. The lowest BCUT2D eigenvalue weighted by Crippen LogP contribution is -2.35. The van der Waals surface area contributed by atoms with Crippen LogP contribution >= 0.6 is 0 Å². The number of amides is 1. The molecule has 2 aromatic heterocycles. The van der Waals surface area contributed by atoms with Gasteiger partial charge in [0.25, 0.3) is 5.91 Å². The Bertz CT molecular complexity index is 1150. The van der Waals surface area contributed by atoms with Gasteiger partial charge in [0.1, 0.15) is 16.9 Å². The van der Waals surface area contributed by atoms with Gasteiger partial charge in [-0.2, -0.15) is 5.10 Å². The van der Waals surface area contributed by atoms with Crippen LogP contribution in [-0.4, -0.2) is 62.6 Å². The summed E-state index contributed by atoms with van der Waals surface area (Å²) < 4.78 is 7.62. The Morgan fingerprint density at radius 1 is 1.31 bits per heavy atom. The molecule has 32 heavy (non-hydrogen) atoms. The summed E-state index contributed by atoms with van der Waals surface area (Å²) in [7, 11) is 0. The number of piperidine rings is 1. The van der Waals surface area contributed by atoms with Gasteiger partial charge in [0.2, 0.25) is 0 Å². The number of hydrogen-bond acceptors (Lipinski definition) is 7. The average molecular weight is 438 g/mol. The fraction of sp³-hybridized carbons (Fsp3) is 0.435. The van der Waals surface area contributed by atoms with Crippen LogP contribution < -0.4 is 15.0 Å². The zero-order valence-electron chi connectivity index (χ0n) is 18.0. The number of rotatable bonds is 5. The highest BCUT2D eigenvalue weighted by Gasteiger charge is 2.36. The zero-order valence-corrected chi connectivity index (χ0v) is 18.0. The number of hydrogen-bond donors (Lipinski definition) is 3. The van der Waals surface area contributed by atoms with Crippen LogP contribution in [-0.2, 0) is 6.42 Å². The number of nitrogens with zero attached hydrogens (tertiary/aromatic N) is 4. The van der Waals surface area contributed by atoms with Crippen molar-refractivity contribution < 1.29 is 19.7 Å². The van der Waals surface area contributed by atoms with E-state index in [1.807, 2.05) is 19.1 Å². The minimum atomic E-state index is -0.668. The van der Waals surface area contributed by atoms with Crippen molar-refractivity contribution in [3.8, 4) is 5.75 Å². The molecule has 1 saturated heterocycles. The van der Waals surface area contributed by atoms with E-state index in [1.165, 1.54) is 6.20 Å². The van der Waals surface area contributed by atoms with Crippen LogP contribution in [0.25, 0.3) is 5.65 Å². The van der Waals surface area contributed by atoms with E-state index in [-0.39, 0.29) is 19.1 Å². The quantitative estimate of drug-likeness (QED) is 0.559. The van der Waals surface area contributed by atoms with Crippen LogP contribution in [0.4, 0.5) is 11.4 Å². The van der Waals surface area contributed by atoms with Crippen molar-refractivity contribution in [2.75, 3.05) is 36.5 Å². The number of carbonyl (C=O) groups excluding carboxylic acids is 1. The Kier molecular flexibility index (Phi) is 5.22. The number of anilines is 2. The molecule has 4 heterocycles. The summed E-state index contributed by atoms with van der Waals surface area (Å²) in [5.74, 6) is 0.753. The van der Waals surface area contributed by atoms with E-state index >= 15 is 0 Å². The van der Waals surface area contributed by atoms with E-state index in [9.17, 15) is 15.0 Å². The van der Waals surface area contributed by atoms with Gasteiger partial charge >= 0.3 is 0 Å². The van der Waals surface area contributed by atoms with Crippen LogP contribution in [0.3, 0.4) is 0 Å². The molecule has 9 nitrogen and oxygen atoms in total. The molecule has 1 aromatic carbocycles. The van der Waals surface area contributed by atoms with Crippen molar-refractivity contribution in [2.45, 2.75) is 31.8 Å². The fourth-order valence-electron chi connectivity index (χ4n) is 4.53. The smallest absolute Gasteiger partial charge is 0.261 e. The molecule has 5 rings (SSSR count). The molecule has 0 unspecified atom stereocenters. The van der Waals surface area contributed by atoms with E-state index < -0.39 is 5.60 Å². The Labute approximate surface area is 185 Å². The first-order valence-electron chi connectivity index (χ1n) is 10.9. The molecule has 2 aliphatic rings. The summed E-state index contributed by atoms with van der Waals surface area (Å²) in [6.45, 7) is 3.54. The third-order valence-electron chi connectivity index (χ3n) is 6.42. The molecule has 0 radical (unpaired) electrons. The number of benzene rings is 1. The lowest BCUT2D eigenvalue weighted by atomic mass is 9.96. The van der Waals surface area contributed by atoms with Gasteiger partial charge in [0.15, 0.2) is 5.65 Å². The molecule has 1 atom stereocenters. The van der Waals surface area contributed by atoms with E-state index in [0.717, 1.165) is 42.9 Å². The summed E-state index contributed by atoms with van der Waals surface area (Å²) in [6, 6.07) is 5.66. The van der Waals surface area contributed by atoms with E-state index in [0.29, 0.717) is 29.2 Å². The number of aromatic nitrogens is 3. The Hall–Kier alpha value is -3.17. The fourth-order valence-corrected chi connectivity index (χ4v) is 4.53. The summed E-state index contributed by atoms with van der Waals surface area (Å²) in [6.07, 6.45) is 7.23. The van der Waals surface area contributed by atoms with Gasteiger partial charge < -0.3 is 25.2 Å². The molecule has 0 spiro atoms. The van der Waals surface area contributed by atoms with Gasteiger partial charge in [-0.25, -0.2) is 9.50 Å². The van der Waals surface area contributed by atoms with Gasteiger partial charge in [-0.1, -0.05) is 0 Å². The predicted octanol–water partition coefficient (Wildman–Crippen LogP) is 1.88. The highest BCUT2D eigenvalue weighted by atomic mass is 16.5. The second-order valence-electron chi connectivity index (χ2n) is 8.88. The van der Waals surface area contributed by atoms with Gasteiger partial charge in [-0.3, -0.25) is 4.79 Å². The normalized spacial score (nSPS) is 20.9. The Balaban J connectivity index is 1.49. The summed E-state index contributed by atoms with van der Waals surface area (Å²) in [4.78, 5) is 19.7. The first-order chi connectivity index (χ1) is 15.5. The number of aliphatic hydroxyl groups excluding tert-OH is 2. The van der Waals surface area contributed by atoms with Gasteiger partial charge in [0.05, 0.1) is 24.2 Å². The monoisotopic (exact) mass is 437 g/mol. The number of carbonyl (C=O) groups is 1. The molecule has 3 aromatic rings. The lowest BCUT2D eigenvalue weighted by molar-refractivity contribution is 0.0447. The standard InChI is InChI=1S/C23H27N5O4/c1-23(14-30)11-16-9-18(26-22(31)17-12-25-28-6-2-5-24-21(17)28)19(10-20(16)32-23)27-7-3-15(13-29)4-8-27/h2,5-6,9-10,12,15,29-30H,3-4,7-8,11,13-14H2,1H3,(H,26,31)/t23-/m0/s1. The van der Waals surface area contributed by atoms with Gasteiger partial charge in [0, 0.05) is 50.1 Å². The number of fused-ring (bicyclic) bond motifs is 2. The van der Waals surface area contributed by atoms with Crippen molar-refractivity contribution in [2.24, 2.45) is 5.92 Å². The van der Waals surface area contributed by atoms with Crippen LogP contribution in [0, 0.1) is 5.92 Å². The van der Waals surface area contributed by atoms with Crippen molar-refractivity contribution in [3.05, 3.63) is 47.9 Å². The maximum Gasteiger partial charge on any atom is 0.261 e. The maximum atomic E-state index is 13.2. The number of ether oxygens (including phenoxy) is 1.